The number of hydrogen-bond donors (Lipinski definition) is 2. The smallest absolute Gasteiger partial charge is 0.329 e. The number of hydrogen-bond acceptors (Lipinski definition) is 3. The van der Waals surface area contributed by atoms with Crippen LogP contribution in [0.2, 0.25) is 0 Å². The molecule has 20 heavy (non-hydrogen) atoms. The monoisotopic (exact) mass is 340 g/mol. The minimum atomic E-state index is -1.16. The summed E-state index contributed by atoms with van der Waals surface area (Å²) >= 11 is 3.26. The summed E-state index contributed by atoms with van der Waals surface area (Å²) in [5.74, 6) is -1.40. The lowest BCUT2D eigenvalue weighted by Gasteiger charge is -2.29. The van der Waals surface area contributed by atoms with Crippen LogP contribution in [0.4, 0.5) is 0 Å². The van der Waals surface area contributed by atoms with Crippen molar-refractivity contribution < 1.29 is 14.7 Å². The Bertz CT molecular complexity index is 511. The van der Waals surface area contributed by atoms with Gasteiger partial charge in [-0.25, -0.2) is 9.78 Å². The summed E-state index contributed by atoms with van der Waals surface area (Å²) in [4.78, 5) is 27.9. The molecule has 6 heteroatoms. The molecule has 1 saturated carbocycles. The Morgan fingerprint density at radius 3 is 2.45 bits per heavy atom. The topological polar surface area (TPSA) is 79.3 Å². The second-order valence-electron chi connectivity index (χ2n) is 5.09. The van der Waals surface area contributed by atoms with Crippen LogP contribution >= 0.6 is 15.9 Å². The number of carbonyl (C=O) groups is 2. The first-order valence-corrected chi connectivity index (χ1v) is 7.51. The van der Waals surface area contributed by atoms with Crippen LogP contribution in [0.3, 0.4) is 0 Å². The summed E-state index contributed by atoms with van der Waals surface area (Å²) in [7, 11) is 0. The zero-order valence-corrected chi connectivity index (χ0v) is 12.6. The summed E-state index contributed by atoms with van der Waals surface area (Å²) in [6.07, 6.45) is 6.11. The molecule has 0 unspecified atom stereocenters. The molecule has 1 amide bonds. The summed E-state index contributed by atoms with van der Waals surface area (Å²) in [6.45, 7) is 0. The second-order valence-corrected chi connectivity index (χ2v) is 5.94. The average Bonchev–Trinajstić information content (AvgIpc) is 2.65. The van der Waals surface area contributed by atoms with E-state index < -0.39 is 17.4 Å². The van der Waals surface area contributed by atoms with Gasteiger partial charge < -0.3 is 10.4 Å². The normalized spacial score (nSPS) is 18.1. The number of nitrogens with one attached hydrogen (secondary N) is 1. The van der Waals surface area contributed by atoms with Gasteiger partial charge in [-0.15, -0.1) is 0 Å². The van der Waals surface area contributed by atoms with Crippen molar-refractivity contribution in [2.45, 2.75) is 44.1 Å². The summed E-state index contributed by atoms with van der Waals surface area (Å²) in [5.41, 5.74) is -0.942. The van der Waals surface area contributed by atoms with Gasteiger partial charge in [-0.3, -0.25) is 4.79 Å². The third-order valence-electron chi connectivity index (χ3n) is 3.69. The van der Waals surface area contributed by atoms with Crippen LogP contribution in [0, 0.1) is 0 Å². The predicted octanol–water partition coefficient (Wildman–Crippen LogP) is 2.75. The highest BCUT2D eigenvalue weighted by Gasteiger charge is 2.40. The molecule has 1 aliphatic rings. The molecule has 0 atom stereocenters. The highest BCUT2D eigenvalue weighted by molar-refractivity contribution is 9.10. The van der Waals surface area contributed by atoms with Gasteiger partial charge in [0.25, 0.3) is 5.91 Å². The molecule has 1 heterocycles. The van der Waals surface area contributed by atoms with Crippen molar-refractivity contribution >= 4 is 27.8 Å². The second kappa shape index (κ2) is 6.35. The van der Waals surface area contributed by atoms with Gasteiger partial charge >= 0.3 is 5.97 Å². The van der Waals surface area contributed by atoms with E-state index in [1.165, 1.54) is 6.20 Å². The molecule has 108 valence electrons. The van der Waals surface area contributed by atoms with E-state index in [9.17, 15) is 14.7 Å². The van der Waals surface area contributed by atoms with Crippen LogP contribution in [0.1, 0.15) is 49.0 Å². The van der Waals surface area contributed by atoms with E-state index >= 15 is 0 Å². The number of rotatable bonds is 3. The van der Waals surface area contributed by atoms with E-state index in [1.54, 1.807) is 12.1 Å². The largest absolute Gasteiger partial charge is 0.480 e. The molecule has 0 aromatic carbocycles. The number of aliphatic carboxylic acids is 1. The van der Waals surface area contributed by atoms with Gasteiger partial charge in [0.1, 0.15) is 11.2 Å². The molecule has 0 radical (unpaired) electrons. The average molecular weight is 341 g/mol. The molecule has 1 aromatic rings. The first-order valence-electron chi connectivity index (χ1n) is 6.72. The Morgan fingerprint density at radius 2 is 1.90 bits per heavy atom. The molecule has 2 N–H and O–H groups in total. The Morgan fingerprint density at radius 1 is 1.25 bits per heavy atom. The lowest BCUT2D eigenvalue weighted by Crippen LogP contribution is -2.54. The Labute approximate surface area is 125 Å². The van der Waals surface area contributed by atoms with Crippen LogP contribution < -0.4 is 5.32 Å². The first-order chi connectivity index (χ1) is 9.55. The van der Waals surface area contributed by atoms with E-state index in [-0.39, 0.29) is 5.69 Å². The van der Waals surface area contributed by atoms with Gasteiger partial charge in [-0.1, -0.05) is 25.7 Å². The highest BCUT2D eigenvalue weighted by atomic mass is 79.9. The Hall–Kier alpha value is -1.43. The number of carboxylic acid groups (broad SMARTS) is 1. The SMILES string of the molecule is O=C(NC1(C(=O)O)CCCCCC1)c1ncccc1Br. The van der Waals surface area contributed by atoms with Crippen LogP contribution in [-0.4, -0.2) is 27.5 Å². The van der Waals surface area contributed by atoms with E-state index in [0.29, 0.717) is 17.3 Å². The number of carboxylic acids is 1. The molecule has 0 spiro atoms. The first kappa shape index (κ1) is 15.0. The minimum Gasteiger partial charge on any atom is -0.480 e. The van der Waals surface area contributed by atoms with Crippen molar-refractivity contribution in [2.75, 3.05) is 0 Å². The number of halogens is 1. The Balaban J connectivity index is 2.22. The summed E-state index contributed by atoms with van der Waals surface area (Å²) in [6, 6.07) is 3.42. The summed E-state index contributed by atoms with van der Waals surface area (Å²) < 4.78 is 0.562. The predicted molar refractivity (Wildman–Crippen MR) is 77.5 cm³/mol. The van der Waals surface area contributed by atoms with Gasteiger partial charge in [0, 0.05) is 10.7 Å². The molecule has 2 rings (SSSR count). The molecular weight excluding hydrogens is 324 g/mol. The summed E-state index contributed by atoms with van der Waals surface area (Å²) in [5, 5.41) is 12.2. The van der Waals surface area contributed by atoms with E-state index in [0.717, 1.165) is 25.7 Å². The van der Waals surface area contributed by atoms with Crippen molar-refractivity contribution in [2.24, 2.45) is 0 Å². The zero-order valence-electron chi connectivity index (χ0n) is 11.1. The van der Waals surface area contributed by atoms with Gasteiger partial charge in [0.15, 0.2) is 0 Å². The fourth-order valence-electron chi connectivity index (χ4n) is 2.55. The van der Waals surface area contributed by atoms with Crippen molar-refractivity contribution in [1.82, 2.24) is 10.3 Å². The van der Waals surface area contributed by atoms with Gasteiger partial charge in [-0.2, -0.15) is 0 Å². The van der Waals surface area contributed by atoms with Crippen LogP contribution in [0.5, 0.6) is 0 Å². The molecule has 0 bridgehead atoms. The number of aromatic nitrogens is 1. The molecular formula is C14H17BrN2O3. The number of carbonyl (C=O) groups excluding carboxylic acids is 1. The molecule has 5 nitrogen and oxygen atoms in total. The van der Waals surface area contributed by atoms with Crippen molar-refractivity contribution in [3.05, 3.63) is 28.5 Å². The lowest BCUT2D eigenvalue weighted by atomic mass is 9.90. The number of pyridine rings is 1. The molecule has 1 aromatic heterocycles. The maximum absolute atomic E-state index is 12.3. The fourth-order valence-corrected chi connectivity index (χ4v) is 2.99. The van der Waals surface area contributed by atoms with Crippen LogP contribution in [0.15, 0.2) is 22.8 Å². The quantitative estimate of drug-likeness (QED) is 0.829. The third kappa shape index (κ3) is 3.17. The van der Waals surface area contributed by atoms with E-state index in [1.807, 2.05) is 0 Å². The highest BCUT2D eigenvalue weighted by Crippen LogP contribution is 2.28. The van der Waals surface area contributed by atoms with Crippen molar-refractivity contribution in [3.8, 4) is 0 Å². The zero-order chi connectivity index (χ0) is 14.6. The third-order valence-corrected chi connectivity index (χ3v) is 4.33. The minimum absolute atomic E-state index is 0.220. The van der Waals surface area contributed by atoms with Crippen molar-refractivity contribution in [3.63, 3.8) is 0 Å². The van der Waals surface area contributed by atoms with Gasteiger partial charge in [-0.05, 0) is 40.9 Å². The van der Waals surface area contributed by atoms with Gasteiger partial charge in [0.05, 0.1) is 0 Å². The molecule has 0 aliphatic heterocycles. The standard InChI is InChI=1S/C14H17BrN2O3/c15-10-6-5-9-16-11(10)12(18)17-14(13(19)20)7-3-1-2-4-8-14/h5-6,9H,1-4,7-8H2,(H,17,18)(H,19,20). The van der Waals surface area contributed by atoms with Gasteiger partial charge in [0.2, 0.25) is 0 Å². The molecule has 1 aliphatic carbocycles. The lowest BCUT2D eigenvalue weighted by molar-refractivity contribution is -0.145. The van der Waals surface area contributed by atoms with E-state index in [4.69, 9.17) is 0 Å². The maximum atomic E-state index is 12.3. The number of nitrogens with zero attached hydrogens (tertiary/aromatic N) is 1. The fraction of sp³-hybridized carbons (Fsp3) is 0.500. The van der Waals surface area contributed by atoms with E-state index in [2.05, 4.69) is 26.2 Å². The maximum Gasteiger partial charge on any atom is 0.329 e. The Kier molecular flexibility index (Phi) is 4.75. The molecule has 0 saturated heterocycles. The van der Waals surface area contributed by atoms with Crippen LogP contribution in [0.25, 0.3) is 0 Å². The van der Waals surface area contributed by atoms with Crippen molar-refractivity contribution in [1.29, 1.82) is 0 Å². The van der Waals surface area contributed by atoms with Crippen LogP contribution in [-0.2, 0) is 4.79 Å². The molecule has 1 fully saturated rings. The number of amides is 1.